The molecule has 4 rings (SSSR count). The molecule has 0 unspecified atom stereocenters. The Hall–Kier alpha value is -4.78. The van der Waals surface area contributed by atoms with Gasteiger partial charge in [0.25, 0.3) is 5.91 Å². The number of fused-ring (bicyclic) bond motifs is 1. The molecule has 0 saturated heterocycles. The topological polar surface area (TPSA) is 118 Å². The van der Waals surface area contributed by atoms with Crippen LogP contribution in [0.15, 0.2) is 84.9 Å². The maximum Gasteiger partial charge on any atom is 0.252 e. The lowest BCUT2D eigenvalue weighted by molar-refractivity contribution is -0.124. The van der Waals surface area contributed by atoms with E-state index in [2.05, 4.69) is 10.6 Å². The Morgan fingerprint density at radius 2 is 1.58 bits per heavy atom. The van der Waals surface area contributed by atoms with Gasteiger partial charge in [-0.15, -0.1) is 0 Å². The van der Waals surface area contributed by atoms with Crippen LogP contribution < -0.4 is 16.4 Å². The van der Waals surface area contributed by atoms with Gasteiger partial charge >= 0.3 is 0 Å². The van der Waals surface area contributed by atoms with E-state index >= 15 is 0 Å². The van der Waals surface area contributed by atoms with E-state index in [1.807, 2.05) is 72.8 Å². The fourth-order valence-corrected chi connectivity index (χ4v) is 4.53. The van der Waals surface area contributed by atoms with Gasteiger partial charge in [0.1, 0.15) is 0 Å². The van der Waals surface area contributed by atoms with E-state index in [4.69, 9.17) is 5.73 Å². The molecule has 0 saturated carbocycles. The molecule has 7 heteroatoms. The van der Waals surface area contributed by atoms with Crippen molar-refractivity contribution in [2.24, 2.45) is 5.73 Å². The van der Waals surface area contributed by atoms with Crippen molar-refractivity contribution in [3.8, 4) is 11.1 Å². The normalized spacial score (nSPS) is 11.5. The van der Waals surface area contributed by atoms with Crippen molar-refractivity contribution in [1.29, 1.82) is 0 Å². The SMILES string of the molecule is CC(=O)NCC(=O)[C@H](Cc1ccccc1)NC(=O)c1ccc(-c2ccc3ccccc3c2C(N)=O)cc1C. The standard InChI is InChI=1S/C31H29N3O4/c1-19-16-23(26-15-12-22-10-6-7-11-25(22)29(26)30(32)37)13-14-24(19)31(38)34-27(28(36)18-33-20(2)35)17-21-8-4-3-5-9-21/h3-16,27H,17-18H2,1-2H3,(H2,32,37)(H,33,35)(H,34,38)/t27-/m0/s1. The number of carbonyl (C=O) groups excluding carboxylic acids is 4. The van der Waals surface area contributed by atoms with Crippen molar-refractivity contribution in [3.63, 3.8) is 0 Å². The lowest BCUT2D eigenvalue weighted by Gasteiger charge is -2.19. The largest absolute Gasteiger partial charge is 0.366 e. The zero-order valence-electron chi connectivity index (χ0n) is 21.3. The molecule has 4 N–H and O–H groups in total. The van der Waals surface area contributed by atoms with E-state index in [1.54, 1.807) is 19.1 Å². The number of nitrogens with two attached hydrogens (primary N) is 1. The first-order chi connectivity index (χ1) is 18.2. The molecule has 0 fully saturated rings. The van der Waals surface area contributed by atoms with Gasteiger partial charge in [-0.3, -0.25) is 19.2 Å². The highest BCUT2D eigenvalue weighted by Gasteiger charge is 2.23. The van der Waals surface area contributed by atoms with Gasteiger partial charge in [0.05, 0.1) is 18.2 Å². The highest BCUT2D eigenvalue weighted by Crippen LogP contribution is 2.31. The summed E-state index contributed by atoms with van der Waals surface area (Å²) in [4.78, 5) is 49.9. The number of carbonyl (C=O) groups is 4. The molecular formula is C31H29N3O4. The van der Waals surface area contributed by atoms with Gasteiger partial charge in [-0.2, -0.15) is 0 Å². The van der Waals surface area contributed by atoms with Crippen LogP contribution in [0.3, 0.4) is 0 Å². The number of benzene rings is 4. The Bertz CT molecular complexity index is 1530. The molecule has 4 aromatic rings. The Balaban J connectivity index is 1.62. The molecule has 3 amide bonds. The molecule has 0 radical (unpaired) electrons. The van der Waals surface area contributed by atoms with Crippen LogP contribution in [0.2, 0.25) is 0 Å². The molecule has 0 aliphatic heterocycles. The minimum Gasteiger partial charge on any atom is -0.366 e. The van der Waals surface area contributed by atoms with Crippen LogP contribution >= 0.6 is 0 Å². The Morgan fingerprint density at radius 1 is 0.868 bits per heavy atom. The number of amides is 3. The summed E-state index contributed by atoms with van der Waals surface area (Å²) in [7, 11) is 0. The Kier molecular flexibility index (Phi) is 7.97. The third-order valence-electron chi connectivity index (χ3n) is 6.45. The number of hydrogen-bond donors (Lipinski definition) is 3. The second-order valence-electron chi connectivity index (χ2n) is 9.20. The molecule has 1 atom stereocenters. The van der Waals surface area contributed by atoms with Crippen molar-refractivity contribution in [3.05, 3.63) is 107 Å². The zero-order valence-corrected chi connectivity index (χ0v) is 21.3. The monoisotopic (exact) mass is 507 g/mol. The van der Waals surface area contributed by atoms with Crippen LogP contribution in [-0.2, 0) is 16.0 Å². The summed E-state index contributed by atoms with van der Waals surface area (Å²) in [5.41, 5.74) is 9.58. The van der Waals surface area contributed by atoms with Crippen LogP contribution in [0.1, 0.15) is 38.8 Å². The predicted molar refractivity (Wildman–Crippen MR) is 148 cm³/mol. The lowest BCUT2D eigenvalue weighted by Crippen LogP contribution is -2.46. The summed E-state index contributed by atoms with van der Waals surface area (Å²) in [6, 6.07) is 25.1. The molecule has 192 valence electrons. The summed E-state index contributed by atoms with van der Waals surface area (Å²) in [5.74, 6) is -1.55. The molecule has 7 nitrogen and oxygen atoms in total. The van der Waals surface area contributed by atoms with E-state index in [-0.39, 0.29) is 18.2 Å². The first-order valence-electron chi connectivity index (χ1n) is 12.3. The molecule has 0 aliphatic carbocycles. The summed E-state index contributed by atoms with van der Waals surface area (Å²) in [6.45, 7) is 2.96. The van der Waals surface area contributed by atoms with E-state index in [1.165, 1.54) is 6.92 Å². The van der Waals surface area contributed by atoms with E-state index < -0.39 is 17.9 Å². The van der Waals surface area contributed by atoms with Crippen molar-refractivity contribution in [1.82, 2.24) is 10.6 Å². The third-order valence-corrected chi connectivity index (χ3v) is 6.45. The predicted octanol–water partition coefficient (Wildman–Crippen LogP) is 3.96. The first kappa shape index (κ1) is 26.3. The fourth-order valence-electron chi connectivity index (χ4n) is 4.53. The molecule has 0 aromatic heterocycles. The van der Waals surface area contributed by atoms with Gasteiger partial charge in [-0.1, -0.05) is 78.9 Å². The summed E-state index contributed by atoms with van der Waals surface area (Å²) in [6.07, 6.45) is 0.293. The van der Waals surface area contributed by atoms with Crippen LogP contribution in [0, 0.1) is 6.92 Å². The number of hydrogen-bond acceptors (Lipinski definition) is 4. The second-order valence-corrected chi connectivity index (χ2v) is 9.20. The maximum atomic E-state index is 13.3. The molecule has 0 spiro atoms. The maximum absolute atomic E-state index is 13.3. The third kappa shape index (κ3) is 5.95. The summed E-state index contributed by atoms with van der Waals surface area (Å²) in [5, 5.41) is 7.03. The van der Waals surface area contributed by atoms with Gasteiger partial charge in [0, 0.05) is 12.5 Å². The highest BCUT2D eigenvalue weighted by molar-refractivity contribution is 6.12. The number of Topliss-reactive ketones (excluding diaryl/α,β-unsaturated/α-hetero) is 1. The van der Waals surface area contributed by atoms with E-state index in [9.17, 15) is 19.2 Å². The average Bonchev–Trinajstić information content (AvgIpc) is 2.90. The Morgan fingerprint density at radius 3 is 2.26 bits per heavy atom. The lowest BCUT2D eigenvalue weighted by atomic mass is 9.92. The van der Waals surface area contributed by atoms with Gasteiger partial charge < -0.3 is 16.4 Å². The number of primary amides is 1. The molecule has 0 aliphatic rings. The van der Waals surface area contributed by atoms with E-state index in [0.717, 1.165) is 21.9 Å². The minimum absolute atomic E-state index is 0.178. The summed E-state index contributed by atoms with van der Waals surface area (Å²) >= 11 is 0. The van der Waals surface area contributed by atoms with Crippen LogP contribution in [0.4, 0.5) is 0 Å². The number of ketones is 1. The Labute approximate surface area is 221 Å². The average molecular weight is 508 g/mol. The second kappa shape index (κ2) is 11.5. The van der Waals surface area contributed by atoms with Crippen molar-refractivity contribution in [2.45, 2.75) is 26.3 Å². The van der Waals surface area contributed by atoms with Gasteiger partial charge in [-0.25, -0.2) is 0 Å². The molecule has 0 bridgehead atoms. The van der Waals surface area contributed by atoms with Gasteiger partial charge in [-0.05, 0) is 52.4 Å². The van der Waals surface area contributed by atoms with Gasteiger partial charge in [0.2, 0.25) is 11.8 Å². The zero-order chi connectivity index (χ0) is 27.2. The van der Waals surface area contributed by atoms with Crippen LogP contribution in [0.25, 0.3) is 21.9 Å². The van der Waals surface area contributed by atoms with E-state index in [0.29, 0.717) is 28.7 Å². The van der Waals surface area contributed by atoms with Crippen LogP contribution in [-0.4, -0.2) is 36.1 Å². The molecule has 4 aromatic carbocycles. The smallest absolute Gasteiger partial charge is 0.252 e. The van der Waals surface area contributed by atoms with Crippen molar-refractivity contribution in [2.75, 3.05) is 6.54 Å². The number of nitrogens with one attached hydrogen (secondary N) is 2. The number of aryl methyl sites for hydroxylation is 1. The van der Waals surface area contributed by atoms with Crippen LogP contribution in [0.5, 0.6) is 0 Å². The molecule has 0 heterocycles. The fraction of sp³-hybridized carbons (Fsp3) is 0.161. The quantitative estimate of drug-likeness (QED) is 0.318. The van der Waals surface area contributed by atoms with Gasteiger partial charge in [0.15, 0.2) is 5.78 Å². The molecule has 38 heavy (non-hydrogen) atoms. The molecular weight excluding hydrogens is 478 g/mol. The highest BCUT2D eigenvalue weighted by atomic mass is 16.2. The first-order valence-corrected chi connectivity index (χ1v) is 12.3. The minimum atomic E-state index is -0.822. The van der Waals surface area contributed by atoms with Crippen molar-refractivity contribution >= 4 is 34.3 Å². The number of rotatable bonds is 9. The summed E-state index contributed by atoms with van der Waals surface area (Å²) < 4.78 is 0. The van der Waals surface area contributed by atoms with Crippen molar-refractivity contribution < 1.29 is 19.2 Å².